The molecule has 1 amide bonds. The number of nitro benzene ring substituents is 1. The van der Waals surface area contributed by atoms with Crippen molar-refractivity contribution >= 4 is 17.3 Å². The van der Waals surface area contributed by atoms with E-state index in [-0.39, 0.29) is 12.3 Å². The number of non-ortho nitro benzene ring substituents is 1. The molecule has 92 valence electrons. The number of rotatable bonds is 5. The molecule has 1 atom stereocenters. The summed E-state index contributed by atoms with van der Waals surface area (Å²) in [5.74, 6) is -0.452. The minimum atomic E-state index is -0.806. The summed E-state index contributed by atoms with van der Waals surface area (Å²) >= 11 is 0. The lowest BCUT2D eigenvalue weighted by molar-refractivity contribution is -0.384. The van der Waals surface area contributed by atoms with Crippen LogP contribution in [0.5, 0.6) is 0 Å². The van der Waals surface area contributed by atoms with E-state index < -0.39 is 16.9 Å². The van der Waals surface area contributed by atoms with Gasteiger partial charge in [0.2, 0.25) is 5.91 Å². The van der Waals surface area contributed by atoms with Crippen LogP contribution >= 0.6 is 0 Å². The standard InChI is InChI=1S/C10H13N3O4/c1-17-6-9(11)10(14)12-7-3-2-4-8(5-7)13(15)16/h2-5,9H,6,11H2,1H3,(H,12,14). The predicted molar refractivity (Wildman–Crippen MR) is 61.6 cm³/mol. The van der Waals surface area contributed by atoms with Gasteiger partial charge in [-0.1, -0.05) is 6.07 Å². The van der Waals surface area contributed by atoms with Crippen LogP contribution in [0, 0.1) is 10.1 Å². The molecule has 0 aliphatic heterocycles. The number of nitrogens with two attached hydrogens (primary N) is 1. The molecule has 0 bridgehead atoms. The zero-order chi connectivity index (χ0) is 12.8. The quantitative estimate of drug-likeness (QED) is 0.574. The van der Waals surface area contributed by atoms with Crippen LogP contribution < -0.4 is 11.1 Å². The Morgan fingerprint density at radius 2 is 2.35 bits per heavy atom. The molecule has 0 aliphatic rings. The Balaban J connectivity index is 2.71. The van der Waals surface area contributed by atoms with Crippen LogP contribution in [0.1, 0.15) is 0 Å². The zero-order valence-corrected chi connectivity index (χ0v) is 9.25. The average molecular weight is 239 g/mol. The van der Waals surface area contributed by atoms with E-state index in [1.165, 1.54) is 25.3 Å². The first-order valence-electron chi connectivity index (χ1n) is 4.84. The maximum atomic E-state index is 11.5. The van der Waals surface area contributed by atoms with E-state index in [9.17, 15) is 14.9 Å². The lowest BCUT2D eigenvalue weighted by Crippen LogP contribution is -2.39. The second-order valence-corrected chi connectivity index (χ2v) is 3.36. The van der Waals surface area contributed by atoms with Crippen LogP contribution in [-0.2, 0) is 9.53 Å². The van der Waals surface area contributed by atoms with Crippen LogP contribution in [0.4, 0.5) is 11.4 Å². The Kier molecular flexibility index (Phi) is 4.56. The minimum absolute atomic E-state index is 0.0841. The number of nitrogens with one attached hydrogen (secondary N) is 1. The van der Waals surface area contributed by atoms with E-state index in [1.807, 2.05) is 0 Å². The van der Waals surface area contributed by atoms with Crippen LogP contribution in [0.2, 0.25) is 0 Å². The highest BCUT2D eigenvalue weighted by atomic mass is 16.6. The molecular weight excluding hydrogens is 226 g/mol. The number of amides is 1. The maximum absolute atomic E-state index is 11.5. The van der Waals surface area contributed by atoms with Gasteiger partial charge in [-0.25, -0.2) is 0 Å². The van der Waals surface area contributed by atoms with Gasteiger partial charge in [-0.3, -0.25) is 14.9 Å². The molecule has 0 radical (unpaired) electrons. The highest BCUT2D eigenvalue weighted by Gasteiger charge is 2.14. The molecule has 7 heteroatoms. The van der Waals surface area contributed by atoms with Crippen molar-refractivity contribution in [1.82, 2.24) is 0 Å². The molecular formula is C10H13N3O4. The fourth-order valence-corrected chi connectivity index (χ4v) is 1.19. The summed E-state index contributed by atoms with van der Waals surface area (Å²) in [4.78, 5) is 21.5. The Morgan fingerprint density at radius 3 is 2.94 bits per heavy atom. The first kappa shape index (κ1) is 13.1. The van der Waals surface area contributed by atoms with E-state index in [2.05, 4.69) is 5.32 Å². The zero-order valence-electron chi connectivity index (χ0n) is 9.25. The van der Waals surface area contributed by atoms with Crippen molar-refractivity contribution in [2.24, 2.45) is 5.73 Å². The lowest BCUT2D eigenvalue weighted by Gasteiger charge is -2.10. The predicted octanol–water partition coefficient (Wildman–Crippen LogP) is 0.507. The van der Waals surface area contributed by atoms with Crippen molar-refractivity contribution in [2.45, 2.75) is 6.04 Å². The Hall–Kier alpha value is -1.99. The number of hydrogen-bond acceptors (Lipinski definition) is 5. The van der Waals surface area contributed by atoms with E-state index in [4.69, 9.17) is 10.5 Å². The van der Waals surface area contributed by atoms with Gasteiger partial charge in [0.25, 0.3) is 5.69 Å². The van der Waals surface area contributed by atoms with Gasteiger partial charge in [0, 0.05) is 24.9 Å². The number of carbonyl (C=O) groups is 1. The highest BCUT2D eigenvalue weighted by Crippen LogP contribution is 2.16. The van der Waals surface area contributed by atoms with Crippen molar-refractivity contribution in [3.05, 3.63) is 34.4 Å². The van der Waals surface area contributed by atoms with Gasteiger partial charge in [0.15, 0.2) is 0 Å². The molecule has 1 aromatic rings. The van der Waals surface area contributed by atoms with E-state index in [0.29, 0.717) is 5.69 Å². The van der Waals surface area contributed by atoms with Gasteiger partial charge >= 0.3 is 0 Å². The first-order valence-corrected chi connectivity index (χ1v) is 4.84. The molecule has 7 nitrogen and oxygen atoms in total. The topological polar surface area (TPSA) is 107 Å². The minimum Gasteiger partial charge on any atom is -0.383 e. The van der Waals surface area contributed by atoms with Crippen LogP contribution in [-0.4, -0.2) is 30.6 Å². The third-order valence-corrected chi connectivity index (χ3v) is 2.01. The van der Waals surface area contributed by atoms with Crippen molar-refractivity contribution < 1.29 is 14.5 Å². The second-order valence-electron chi connectivity index (χ2n) is 3.36. The molecule has 0 aliphatic carbocycles. The number of nitrogens with zero attached hydrogens (tertiary/aromatic N) is 1. The number of benzene rings is 1. The summed E-state index contributed by atoms with van der Waals surface area (Å²) in [5, 5.41) is 13.0. The molecule has 1 unspecified atom stereocenters. The van der Waals surface area contributed by atoms with Gasteiger partial charge < -0.3 is 15.8 Å². The highest BCUT2D eigenvalue weighted by molar-refractivity contribution is 5.95. The van der Waals surface area contributed by atoms with Gasteiger partial charge in [-0.05, 0) is 6.07 Å². The summed E-state index contributed by atoms with van der Waals surface area (Å²) in [6.07, 6.45) is 0. The van der Waals surface area contributed by atoms with Crippen molar-refractivity contribution in [2.75, 3.05) is 19.0 Å². The van der Waals surface area contributed by atoms with Gasteiger partial charge in [0.1, 0.15) is 6.04 Å². The molecule has 1 rings (SSSR count). The van der Waals surface area contributed by atoms with Crippen LogP contribution in [0.25, 0.3) is 0 Å². The molecule has 0 heterocycles. The lowest BCUT2D eigenvalue weighted by atomic mass is 10.2. The van der Waals surface area contributed by atoms with E-state index in [0.717, 1.165) is 0 Å². The summed E-state index contributed by atoms with van der Waals surface area (Å²) in [6.45, 7) is 0.0841. The largest absolute Gasteiger partial charge is 0.383 e. The Labute approximate surface area is 97.7 Å². The fraction of sp³-hybridized carbons (Fsp3) is 0.300. The monoisotopic (exact) mass is 239 g/mol. The molecule has 0 fully saturated rings. The fourth-order valence-electron chi connectivity index (χ4n) is 1.19. The molecule has 17 heavy (non-hydrogen) atoms. The van der Waals surface area contributed by atoms with Gasteiger partial charge in [0.05, 0.1) is 11.5 Å². The first-order chi connectivity index (χ1) is 8.04. The Morgan fingerprint density at radius 1 is 1.65 bits per heavy atom. The summed E-state index contributed by atoms with van der Waals surface area (Å²) in [6, 6.07) is 4.82. The normalized spacial score (nSPS) is 11.9. The summed E-state index contributed by atoms with van der Waals surface area (Å²) in [7, 11) is 1.43. The maximum Gasteiger partial charge on any atom is 0.271 e. The second kappa shape index (κ2) is 5.92. The SMILES string of the molecule is COCC(N)C(=O)Nc1cccc([N+](=O)[O-])c1. The van der Waals surface area contributed by atoms with Gasteiger partial charge in [-0.2, -0.15) is 0 Å². The number of methoxy groups -OCH3 is 1. The molecule has 0 spiro atoms. The van der Waals surface area contributed by atoms with E-state index in [1.54, 1.807) is 6.07 Å². The summed E-state index contributed by atoms with van der Waals surface area (Å²) < 4.78 is 4.73. The summed E-state index contributed by atoms with van der Waals surface area (Å²) in [5.41, 5.74) is 5.74. The van der Waals surface area contributed by atoms with Crippen molar-refractivity contribution in [1.29, 1.82) is 0 Å². The number of nitro groups is 1. The van der Waals surface area contributed by atoms with E-state index >= 15 is 0 Å². The average Bonchev–Trinajstić information content (AvgIpc) is 2.29. The third-order valence-electron chi connectivity index (χ3n) is 2.01. The Bertz CT molecular complexity index is 422. The molecule has 0 saturated heterocycles. The molecule has 3 N–H and O–H groups in total. The number of carbonyl (C=O) groups excluding carboxylic acids is 1. The molecule has 0 saturated carbocycles. The van der Waals surface area contributed by atoms with Crippen molar-refractivity contribution in [3.8, 4) is 0 Å². The van der Waals surface area contributed by atoms with Gasteiger partial charge in [-0.15, -0.1) is 0 Å². The van der Waals surface area contributed by atoms with Crippen LogP contribution in [0.15, 0.2) is 24.3 Å². The number of hydrogen-bond donors (Lipinski definition) is 2. The van der Waals surface area contributed by atoms with Crippen LogP contribution in [0.3, 0.4) is 0 Å². The smallest absolute Gasteiger partial charge is 0.271 e. The van der Waals surface area contributed by atoms with Crippen molar-refractivity contribution in [3.63, 3.8) is 0 Å². The molecule has 0 aromatic heterocycles. The molecule has 1 aromatic carbocycles. The number of ether oxygens (including phenoxy) is 1. The third kappa shape index (κ3) is 3.82. The number of anilines is 1.